The van der Waals surface area contributed by atoms with Gasteiger partial charge in [0, 0.05) is 17.1 Å². The van der Waals surface area contributed by atoms with Crippen molar-refractivity contribution in [3.63, 3.8) is 0 Å². The highest BCUT2D eigenvalue weighted by atomic mass is 79.9. The largest absolute Gasteiger partial charge is 0.497 e. The highest BCUT2D eigenvalue weighted by Gasteiger charge is 2.32. The van der Waals surface area contributed by atoms with Crippen LogP contribution in [0, 0.1) is 6.92 Å². The van der Waals surface area contributed by atoms with E-state index in [1.54, 1.807) is 68.6 Å². The van der Waals surface area contributed by atoms with Crippen LogP contribution in [0.1, 0.15) is 31.9 Å². The van der Waals surface area contributed by atoms with Gasteiger partial charge in [-0.1, -0.05) is 51.8 Å². The number of nitrogens with one attached hydrogen (secondary N) is 1. The van der Waals surface area contributed by atoms with Gasteiger partial charge < -0.3 is 15.0 Å². The summed E-state index contributed by atoms with van der Waals surface area (Å²) < 4.78 is 34.8. The highest BCUT2D eigenvalue weighted by Crippen LogP contribution is 2.27. The zero-order valence-electron chi connectivity index (χ0n) is 22.7. The van der Waals surface area contributed by atoms with E-state index in [0.29, 0.717) is 15.9 Å². The first-order valence-electron chi connectivity index (χ1n) is 12.5. The molecule has 0 fully saturated rings. The molecule has 0 aliphatic carbocycles. The van der Waals surface area contributed by atoms with Crippen LogP contribution in [0.4, 0.5) is 5.69 Å². The summed E-state index contributed by atoms with van der Waals surface area (Å²) in [7, 11) is -2.57. The van der Waals surface area contributed by atoms with E-state index in [4.69, 9.17) is 4.74 Å². The van der Waals surface area contributed by atoms with E-state index in [-0.39, 0.29) is 23.4 Å². The molecule has 0 spiro atoms. The van der Waals surface area contributed by atoms with E-state index in [0.717, 1.165) is 15.4 Å². The van der Waals surface area contributed by atoms with Crippen molar-refractivity contribution < 1.29 is 22.7 Å². The summed E-state index contributed by atoms with van der Waals surface area (Å²) in [5.41, 5.74) is 1.97. The molecule has 3 rings (SSSR count). The Morgan fingerprint density at radius 2 is 1.64 bits per heavy atom. The minimum atomic E-state index is -4.12. The summed E-state index contributed by atoms with van der Waals surface area (Å²) in [5.74, 6) is -0.256. The fourth-order valence-electron chi connectivity index (χ4n) is 3.95. The standard InChI is InChI=1S/C29H34BrN3O5S/c1-20(2)31-29(35)22(4)32(18-23-8-6-11-26(16-23)38-5)28(34)19-33(25-10-7-9-24(30)17-25)39(36,37)27-14-12-21(3)13-15-27/h6-17,20,22H,18-19H2,1-5H3,(H,31,35)/t22-/m1/s1. The van der Waals surface area contributed by atoms with E-state index in [9.17, 15) is 18.0 Å². The quantitative estimate of drug-likeness (QED) is 0.331. The fourth-order valence-corrected chi connectivity index (χ4v) is 5.75. The second-order valence-corrected chi connectivity index (χ2v) is 12.3. The van der Waals surface area contributed by atoms with Crippen LogP contribution in [-0.2, 0) is 26.2 Å². The molecular weight excluding hydrogens is 582 g/mol. The van der Waals surface area contributed by atoms with Gasteiger partial charge in [0.1, 0.15) is 18.3 Å². The number of carbonyl (C=O) groups excluding carboxylic acids is 2. The number of aryl methyl sites for hydroxylation is 1. The lowest BCUT2D eigenvalue weighted by Gasteiger charge is -2.32. The number of halogens is 1. The normalized spacial score (nSPS) is 12.1. The molecule has 0 aromatic heterocycles. The van der Waals surface area contributed by atoms with Crippen molar-refractivity contribution in [2.75, 3.05) is 18.0 Å². The summed E-state index contributed by atoms with van der Waals surface area (Å²) in [6.45, 7) is 6.75. The Labute approximate surface area is 239 Å². The molecular formula is C29H34BrN3O5S. The van der Waals surface area contributed by atoms with Crippen LogP contribution < -0.4 is 14.4 Å². The summed E-state index contributed by atoms with van der Waals surface area (Å²) in [5, 5.41) is 2.84. The Morgan fingerprint density at radius 3 is 2.26 bits per heavy atom. The van der Waals surface area contributed by atoms with Crippen molar-refractivity contribution in [3.05, 3.63) is 88.4 Å². The third kappa shape index (κ3) is 7.83. The van der Waals surface area contributed by atoms with Gasteiger partial charge >= 0.3 is 0 Å². The van der Waals surface area contributed by atoms with Crippen molar-refractivity contribution in [2.24, 2.45) is 0 Å². The monoisotopic (exact) mass is 615 g/mol. The minimum absolute atomic E-state index is 0.0609. The Balaban J connectivity index is 2.04. The molecule has 0 aliphatic heterocycles. The lowest BCUT2D eigenvalue weighted by atomic mass is 10.1. The van der Waals surface area contributed by atoms with Gasteiger partial charge in [-0.25, -0.2) is 8.42 Å². The molecule has 0 radical (unpaired) electrons. The van der Waals surface area contributed by atoms with Crippen LogP contribution in [-0.4, -0.2) is 50.9 Å². The van der Waals surface area contributed by atoms with Crippen molar-refractivity contribution in [1.82, 2.24) is 10.2 Å². The molecule has 0 saturated heterocycles. The maximum atomic E-state index is 13.9. The Kier molecular flexibility index (Phi) is 10.2. The number of hydrogen-bond donors (Lipinski definition) is 1. The van der Waals surface area contributed by atoms with Crippen LogP contribution in [0.15, 0.2) is 82.2 Å². The number of methoxy groups -OCH3 is 1. The summed E-state index contributed by atoms with van der Waals surface area (Å²) >= 11 is 3.40. The molecule has 10 heteroatoms. The number of rotatable bonds is 11. The average Bonchev–Trinajstić information content (AvgIpc) is 2.89. The van der Waals surface area contributed by atoms with Gasteiger partial charge in [-0.3, -0.25) is 13.9 Å². The lowest BCUT2D eigenvalue weighted by Crippen LogP contribution is -2.52. The number of hydrogen-bond acceptors (Lipinski definition) is 5. The van der Waals surface area contributed by atoms with Crippen molar-refractivity contribution in [2.45, 2.75) is 51.2 Å². The zero-order chi connectivity index (χ0) is 28.7. The van der Waals surface area contributed by atoms with Crippen LogP contribution in [0.3, 0.4) is 0 Å². The van der Waals surface area contributed by atoms with E-state index in [2.05, 4.69) is 21.2 Å². The Hall–Kier alpha value is -3.37. The van der Waals surface area contributed by atoms with Crippen molar-refractivity contribution >= 4 is 43.5 Å². The number of amides is 2. The van der Waals surface area contributed by atoms with E-state index >= 15 is 0 Å². The van der Waals surface area contributed by atoms with Crippen molar-refractivity contribution in [1.29, 1.82) is 0 Å². The van der Waals surface area contributed by atoms with Gasteiger partial charge in [0.2, 0.25) is 11.8 Å². The van der Waals surface area contributed by atoms with E-state index < -0.39 is 28.5 Å². The Bertz CT molecular complexity index is 1410. The highest BCUT2D eigenvalue weighted by molar-refractivity contribution is 9.10. The maximum Gasteiger partial charge on any atom is 0.264 e. The third-order valence-corrected chi connectivity index (χ3v) is 8.35. The number of anilines is 1. The van der Waals surface area contributed by atoms with Gasteiger partial charge in [0.25, 0.3) is 10.0 Å². The Morgan fingerprint density at radius 1 is 0.974 bits per heavy atom. The van der Waals surface area contributed by atoms with Gasteiger partial charge in [-0.05, 0) is 75.7 Å². The topological polar surface area (TPSA) is 96.0 Å². The summed E-state index contributed by atoms with van der Waals surface area (Å²) in [4.78, 5) is 28.4. The zero-order valence-corrected chi connectivity index (χ0v) is 25.1. The van der Waals surface area contributed by atoms with Crippen molar-refractivity contribution in [3.8, 4) is 5.75 Å². The van der Waals surface area contributed by atoms with Crippen LogP contribution in [0.5, 0.6) is 5.75 Å². The van der Waals surface area contributed by atoms with Gasteiger partial charge in [-0.15, -0.1) is 0 Å². The first kappa shape index (κ1) is 30.2. The second kappa shape index (κ2) is 13.1. The molecule has 0 bridgehead atoms. The molecule has 0 heterocycles. The van der Waals surface area contributed by atoms with Crippen LogP contribution in [0.25, 0.3) is 0 Å². The van der Waals surface area contributed by atoms with Gasteiger partial charge in [0.05, 0.1) is 17.7 Å². The second-order valence-electron chi connectivity index (χ2n) is 9.52. The number of nitrogens with zero attached hydrogens (tertiary/aromatic N) is 2. The average molecular weight is 617 g/mol. The predicted octanol–water partition coefficient (Wildman–Crippen LogP) is 4.90. The molecule has 0 saturated carbocycles. The van der Waals surface area contributed by atoms with E-state index in [1.807, 2.05) is 26.8 Å². The van der Waals surface area contributed by atoms with Crippen LogP contribution >= 0.6 is 15.9 Å². The fraction of sp³-hybridized carbons (Fsp3) is 0.310. The predicted molar refractivity (Wildman–Crippen MR) is 156 cm³/mol. The molecule has 1 atom stereocenters. The third-order valence-electron chi connectivity index (χ3n) is 6.07. The van der Waals surface area contributed by atoms with E-state index in [1.165, 1.54) is 17.0 Å². The summed E-state index contributed by atoms with van der Waals surface area (Å²) in [6.07, 6.45) is 0. The molecule has 1 N–H and O–H groups in total. The molecule has 8 nitrogen and oxygen atoms in total. The minimum Gasteiger partial charge on any atom is -0.497 e. The molecule has 0 aliphatic rings. The maximum absolute atomic E-state index is 13.9. The number of sulfonamides is 1. The molecule has 2 amide bonds. The SMILES string of the molecule is COc1cccc(CN(C(=O)CN(c2cccc(Br)c2)S(=O)(=O)c2ccc(C)cc2)[C@H](C)C(=O)NC(C)C)c1. The van der Waals surface area contributed by atoms with Gasteiger partial charge in [-0.2, -0.15) is 0 Å². The van der Waals surface area contributed by atoms with Gasteiger partial charge in [0.15, 0.2) is 0 Å². The first-order valence-corrected chi connectivity index (χ1v) is 14.7. The molecule has 3 aromatic rings. The summed E-state index contributed by atoms with van der Waals surface area (Å²) in [6, 6.07) is 19.4. The molecule has 208 valence electrons. The molecule has 0 unspecified atom stereocenters. The molecule has 39 heavy (non-hydrogen) atoms. The smallest absolute Gasteiger partial charge is 0.264 e. The lowest BCUT2D eigenvalue weighted by molar-refractivity contribution is -0.139. The van der Waals surface area contributed by atoms with Crippen LogP contribution in [0.2, 0.25) is 0 Å². The number of carbonyl (C=O) groups is 2. The molecule has 3 aromatic carbocycles. The number of ether oxygens (including phenoxy) is 1. The number of benzene rings is 3. The first-order chi connectivity index (χ1) is 18.4.